The zero-order valence-corrected chi connectivity index (χ0v) is 16.5. The summed E-state index contributed by atoms with van der Waals surface area (Å²) in [5.74, 6) is -0.497. The van der Waals surface area contributed by atoms with Gasteiger partial charge in [-0.1, -0.05) is 0 Å². The average molecular weight is 430 g/mol. The quantitative estimate of drug-likeness (QED) is 0.546. The molecule has 3 aromatic rings. The van der Waals surface area contributed by atoms with E-state index in [1.54, 1.807) is 6.07 Å². The molecule has 1 aliphatic rings. The summed E-state index contributed by atoms with van der Waals surface area (Å²) < 4.78 is 38.2. The molecule has 1 atom stereocenters. The molecule has 30 heavy (non-hydrogen) atoms. The summed E-state index contributed by atoms with van der Waals surface area (Å²) in [4.78, 5) is 24.6. The van der Waals surface area contributed by atoms with E-state index in [1.807, 2.05) is 0 Å². The first kappa shape index (κ1) is 20.1. The highest BCUT2D eigenvalue weighted by molar-refractivity contribution is 7.89. The van der Waals surface area contributed by atoms with Gasteiger partial charge in [0.15, 0.2) is 5.60 Å². The lowest BCUT2D eigenvalue weighted by molar-refractivity contribution is -0.121. The number of imide groups is 1. The highest BCUT2D eigenvalue weighted by Gasteiger charge is 2.37. The van der Waals surface area contributed by atoms with E-state index in [0.29, 0.717) is 11.3 Å². The molecule has 0 spiro atoms. The number of nitrogens with zero attached hydrogens (tertiary/aromatic N) is 1. The van der Waals surface area contributed by atoms with Crippen molar-refractivity contribution >= 4 is 27.5 Å². The molecule has 3 heterocycles. The van der Waals surface area contributed by atoms with Crippen molar-refractivity contribution < 1.29 is 31.9 Å². The number of carbonyl (C=O) groups is 2. The molecule has 2 amide bonds. The van der Waals surface area contributed by atoms with E-state index in [2.05, 4.69) is 4.72 Å². The van der Waals surface area contributed by atoms with Crippen molar-refractivity contribution in [2.45, 2.75) is 23.3 Å². The molecule has 1 aliphatic heterocycles. The molecule has 1 fully saturated rings. The molecule has 156 valence electrons. The van der Waals surface area contributed by atoms with Crippen LogP contribution >= 0.6 is 0 Å². The molecule has 4 rings (SSSR count). The Labute approximate surface area is 172 Å². The lowest BCUT2D eigenvalue weighted by Gasteiger charge is -2.25. The standard InChI is InChI=1S/C20H18N2O7S/c23-18-7-8-19(24)22(18)15-3-5-16(6-4-15)30(26,27)21-13-20(25,14-9-11-28-12-14)17-2-1-10-29-17/h1-6,9-12,21,25H,7-8,13H2/t20-/m0/s1. The first-order valence-electron chi connectivity index (χ1n) is 9.06. The minimum Gasteiger partial charge on any atom is -0.472 e. The van der Waals surface area contributed by atoms with Gasteiger partial charge in [-0.05, 0) is 42.5 Å². The minimum absolute atomic E-state index is 0.0840. The molecule has 2 N–H and O–H groups in total. The number of amides is 2. The van der Waals surface area contributed by atoms with Crippen LogP contribution in [0.25, 0.3) is 0 Å². The van der Waals surface area contributed by atoms with Crippen LogP contribution in [0.15, 0.2) is 75.0 Å². The van der Waals surface area contributed by atoms with E-state index in [-0.39, 0.29) is 35.3 Å². The van der Waals surface area contributed by atoms with Gasteiger partial charge in [0.2, 0.25) is 21.8 Å². The fourth-order valence-electron chi connectivity index (χ4n) is 3.27. The SMILES string of the molecule is O=C1CCC(=O)N1c1ccc(S(=O)(=O)NC[C@](O)(c2ccoc2)c2ccco2)cc1. The zero-order valence-electron chi connectivity index (χ0n) is 15.6. The zero-order chi connectivity index (χ0) is 21.4. The third-order valence-electron chi connectivity index (χ3n) is 4.90. The van der Waals surface area contributed by atoms with Crippen LogP contribution in [0.5, 0.6) is 0 Å². The number of sulfonamides is 1. The Morgan fingerprint density at radius 3 is 2.30 bits per heavy atom. The van der Waals surface area contributed by atoms with E-state index in [4.69, 9.17) is 8.83 Å². The van der Waals surface area contributed by atoms with Gasteiger partial charge in [-0.25, -0.2) is 13.1 Å². The fourth-order valence-corrected chi connectivity index (χ4v) is 4.33. The monoisotopic (exact) mass is 430 g/mol. The second kappa shape index (κ2) is 7.56. The molecule has 0 bridgehead atoms. The highest BCUT2D eigenvalue weighted by Crippen LogP contribution is 2.30. The van der Waals surface area contributed by atoms with Crippen LogP contribution in [0.4, 0.5) is 5.69 Å². The normalized spacial score (nSPS) is 16.8. The Bertz CT molecular complexity index is 1100. The lowest BCUT2D eigenvalue weighted by atomic mass is 9.94. The second-order valence-electron chi connectivity index (χ2n) is 6.79. The summed E-state index contributed by atoms with van der Waals surface area (Å²) >= 11 is 0. The van der Waals surface area contributed by atoms with Crippen molar-refractivity contribution in [1.29, 1.82) is 0 Å². The van der Waals surface area contributed by atoms with Crippen LogP contribution in [0.2, 0.25) is 0 Å². The maximum absolute atomic E-state index is 12.8. The molecule has 0 saturated carbocycles. The predicted octanol–water partition coefficient (Wildman–Crippen LogP) is 1.74. The van der Waals surface area contributed by atoms with Gasteiger partial charge < -0.3 is 13.9 Å². The number of anilines is 1. The van der Waals surface area contributed by atoms with Crippen molar-refractivity contribution in [3.63, 3.8) is 0 Å². The van der Waals surface area contributed by atoms with Crippen molar-refractivity contribution in [2.75, 3.05) is 11.4 Å². The average Bonchev–Trinajstić information content (AvgIpc) is 3.50. The molecule has 0 aliphatic carbocycles. The largest absolute Gasteiger partial charge is 0.472 e. The molecular formula is C20H18N2O7S. The Morgan fingerprint density at radius 2 is 1.73 bits per heavy atom. The van der Waals surface area contributed by atoms with E-state index in [0.717, 1.165) is 4.90 Å². The lowest BCUT2D eigenvalue weighted by Crippen LogP contribution is -2.41. The highest BCUT2D eigenvalue weighted by atomic mass is 32.2. The maximum Gasteiger partial charge on any atom is 0.240 e. The van der Waals surface area contributed by atoms with Crippen LogP contribution in [0, 0.1) is 0 Å². The molecule has 10 heteroatoms. The number of furan rings is 2. The number of rotatable bonds is 7. The summed E-state index contributed by atoms with van der Waals surface area (Å²) in [6, 6.07) is 9.99. The molecule has 1 aromatic carbocycles. The molecular weight excluding hydrogens is 412 g/mol. The fraction of sp³-hybridized carbons (Fsp3) is 0.200. The molecule has 2 aromatic heterocycles. The summed E-state index contributed by atoms with van der Waals surface area (Å²) in [7, 11) is -4.01. The van der Waals surface area contributed by atoms with Crippen LogP contribution in [0.3, 0.4) is 0 Å². The summed E-state index contributed by atoms with van der Waals surface area (Å²) in [6.07, 6.45) is 4.31. The third-order valence-corrected chi connectivity index (χ3v) is 6.32. The van der Waals surface area contributed by atoms with E-state index < -0.39 is 22.2 Å². The van der Waals surface area contributed by atoms with Gasteiger partial charge in [0.05, 0.1) is 35.9 Å². The van der Waals surface area contributed by atoms with Crippen molar-refractivity contribution in [1.82, 2.24) is 4.72 Å². The molecule has 9 nitrogen and oxygen atoms in total. The van der Waals surface area contributed by atoms with Gasteiger partial charge in [-0.2, -0.15) is 0 Å². The molecule has 0 unspecified atom stereocenters. The Hall–Kier alpha value is -3.21. The van der Waals surface area contributed by atoms with Crippen LogP contribution < -0.4 is 9.62 Å². The maximum atomic E-state index is 12.8. The molecule has 0 radical (unpaired) electrons. The Balaban J connectivity index is 1.55. The van der Waals surface area contributed by atoms with Gasteiger partial charge >= 0.3 is 0 Å². The summed E-state index contributed by atoms with van der Waals surface area (Å²) in [5, 5.41) is 11.1. The van der Waals surface area contributed by atoms with Gasteiger partial charge in [-0.15, -0.1) is 0 Å². The summed E-state index contributed by atoms with van der Waals surface area (Å²) in [5.41, 5.74) is -1.15. The Morgan fingerprint density at radius 1 is 1.03 bits per heavy atom. The van der Waals surface area contributed by atoms with Gasteiger partial charge in [0, 0.05) is 18.4 Å². The first-order chi connectivity index (χ1) is 14.3. The number of hydrogen-bond donors (Lipinski definition) is 2. The number of aliphatic hydroxyl groups is 1. The third kappa shape index (κ3) is 3.56. The Kier molecular flexibility index (Phi) is 5.06. The second-order valence-corrected chi connectivity index (χ2v) is 8.56. The van der Waals surface area contributed by atoms with Crippen LogP contribution in [-0.4, -0.2) is 31.9 Å². The van der Waals surface area contributed by atoms with Crippen molar-refractivity contribution in [3.05, 3.63) is 72.6 Å². The topological polar surface area (TPSA) is 130 Å². The minimum atomic E-state index is -4.01. The van der Waals surface area contributed by atoms with Crippen molar-refractivity contribution in [3.8, 4) is 0 Å². The predicted molar refractivity (Wildman–Crippen MR) is 104 cm³/mol. The van der Waals surface area contributed by atoms with Crippen LogP contribution in [0.1, 0.15) is 24.2 Å². The first-order valence-corrected chi connectivity index (χ1v) is 10.5. The number of nitrogens with one attached hydrogen (secondary N) is 1. The van der Waals surface area contributed by atoms with E-state index >= 15 is 0 Å². The van der Waals surface area contributed by atoms with E-state index in [1.165, 1.54) is 55.2 Å². The summed E-state index contributed by atoms with van der Waals surface area (Å²) in [6.45, 7) is -0.409. The van der Waals surface area contributed by atoms with Gasteiger partial charge in [-0.3, -0.25) is 14.5 Å². The molecule has 1 saturated heterocycles. The number of benzene rings is 1. The van der Waals surface area contributed by atoms with Gasteiger partial charge in [0.25, 0.3) is 0 Å². The smallest absolute Gasteiger partial charge is 0.240 e. The van der Waals surface area contributed by atoms with Crippen molar-refractivity contribution in [2.24, 2.45) is 0 Å². The number of hydrogen-bond acceptors (Lipinski definition) is 7. The van der Waals surface area contributed by atoms with Gasteiger partial charge in [0.1, 0.15) is 5.76 Å². The van der Waals surface area contributed by atoms with Crippen LogP contribution in [-0.2, 0) is 25.2 Å². The van der Waals surface area contributed by atoms with E-state index in [9.17, 15) is 23.1 Å². The number of carbonyl (C=O) groups excluding carboxylic acids is 2.